The van der Waals surface area contributed by atoms with Crippen LogP contribution >= 0.6 is 0 Å². The lowest BCUT2D eigenvalue weighted by Crippen LogP contribution is -2.47. The molecule has 0 spiro atoms. The van der Waals surface area contributed by atoms with Crippen LogP contribution in [0.1, 0.15) is 33.6 Å². The Bertz CT molecular complexity index is 247. The Morgan fingerprint density at radius 2 is 2.00 bits per heavy atom. The lowest BCUT2D eigenvalue weighted by molar-refractivity contribution is -0.159. The molecule has 4 heteroatoms. The molecule has 1 saturated carbocycles. The summed E-state index contributed by atoms with van der Waals surface area (Å²) in [6.45, 7) is 5.39. The molecule has 80 valence electrons. The predicted molar refractivity (Wildman–Crippen MR) is 51.6 cm³/mol. The Labute approximate surface area is 83.8 Å². The number of Topliss-reactive ketones (excluding diaryl/α,β-unsaturated/α-hetero) is 1. The molecule has 1 rings (SSSR count). The van der Waals surface area contributed by atoms with Crippen LogP contribution in [0.4, 0.5) is 0 Å². The van der Waals surface area contributed by atoms with Crippen molar-refractivity contribution < 1.29 is 14.3 Å². The highest BCUT2D eigenvalue weighted by molar-refractivity contribution is 5.88. The van der Waals surface area contributed by atoms with E-state index >= 15 is 0 Å². The highest BCUT2D eigenvalue weighted by Crippen LogP contribution is 2.26. The Kier molecular flexibility index (Phi) is 2.95. The Hall–Kier alpha value is -0.900. The molecule has 0 saturated heterocycles. The summed E-state index contributed by atoms with van der Waals surface area (Å²) in [5, 5.41) is 0. The largest absolute Gasteiger partial charge is 0.459 e. The van der Waals surface area contributed by atoms with E-state index in [1.165, 1.54) is 0 Å². The monoisotopic (exact) mass is 199 g/mol. The summed E-state index contributed by atoms with van der Waals surface area (Å²) >= 11 is 0. The molecule has 0 aromatic rings. The van der Waals surface area contributed by atoms with Crippen molar-refractivity contribution in [3.05, 3.63) is 0 Å². The number of ketones is 1. The third-order valence-corrected chi connectivity index (χ3v) is 2.17. The minimum atomic E-state index is -0.646. The van der Waals surface area contributed by atoms with E-state index in [1.807, 2.05) is 0 Å². The van der Waals surface area contributed by atoms with Crippen molar-refractivity contribution in [1.82, 2.24) is 0 Å². The van der Waals surface area contributed by atoms with Gasteiger partial charge in [-0.25, -0.2) is 0 Å². The van der Waals surface area contributed by atoms with Gasteiger partial charge in [-0.3, -0.25) is 9.59 Å². The summed E-state index contributed by atoms with van der Waals surface area (Å²) in [6, 6.07) is -0.646. The number of hydrogen-bond acceptors (Lipinski definition) is 4. The van der Waals surface area contributed by atoms with Crippen molar-refractivity contribution in [1.29, 1.82) is 0 Å². The highest BCUT2D eigenvalue weighted by Gasteiger charge is 2.37. The van der Waals surface area contributed by atoms with Crippen molar-refractivity contribution >= 4 is 11.8 Å². The topological polar surface area (TPSA) is 69.4 Å². The molecule has 2 N–H and O–H groups in total. The molecule has 1 atom stereocenters. The van der Waals surface area contributed by atoms with Gasteiger partial charge in [-0.05, 0) is 26.7 Å². The van der Waals surface area contributed by atoms with Crippen molar-refractivity contribution in [2.75, 3.05) is 0 Å². The second kappa shape index (κ2) is 3.69. The maximum Gasteiger partial charge on any atom is 0.323 e. The van der Waals surface area contributed by atoms with Gasteiger partial charge < -0.3 is 10.5 Å². The molecule has 0 aliphatic heterocycles. The lowest BCUT2D eigenvalue weighted by atomic mass is 9.79. The molecule has 0 aromatic heterocycles. The van der Waals surface area contributed by atoms with E-state index in [2.05, 4.69) is 0 Å². The van der Waals surface area contributed by atoms with Gasteiger partial charge in [0.25, 0.3) is 0 Å². The first kappa shape index (κ1) is 11.2. The van der Waals surface area contributed by atoms with E-state index < -0.39 is 17.6 Å². The summed E-state index contributed by atoms with van der Waals surface area (Å²) in [4.78, 5) is 22.2. The smallest absolute Gasteiger partial charge is 0.323 e. The van der Waals surface area contributed by atoms with Gasteiger partial charge in [0.2, 0.25) is 0 Å². The fourth-order valence-electron chi connectivity index (χ4n) is 1.34. The van der Waals surface area contributed by atoms with Crippen molar-refractivity contribution in [3.63, 3.8) is 0 Å². The molecule has 1 unspecified atom stereocenters. The van der Waals surface area contributed by atoms with E-state index in [4.69, 9.17) is 10.5 Å². The average Bonchev–Trinajstić information content (AvgIpc) is 1.94. The third kappa shape index (κ3) is 2.80. The number of ether oxygens (including phenoxy) is 1. The van der Waals surface area contributed by atoms with Gasteiger partial charge in [-0.15, -0.1) is 0 Å². The molecule has 4 nitrogen and oxygen atoms in total. The van der Waals surface area contributed by atoms with E-state index in [9.17, 15) is 9.59 Å². The van der Waals surface area contributed by atoms with Gasteiger partial charge in [0.05, 0.1) is 0 Å². The zero-order chi connectivity index (χ0) is 10.9. The van der Waals surface area contributed by atoms with Crippen molar-refractivity contribution in [2.24, 2.45) is 11.7 Å². The van der Waals surface area contributed by atoms with Gasteiger partial charge in [0, 0.05) is 12.8 Å². The van der Waals surface area contributed by atoms with Crippen LogP contribution in [0, 0.1) is 5.92 Å². The molecule has 0 radical (unpaired) electrons. The second-order valence-corrected chi connectivity index (χ2v) is 4.77. The number of esters is 1. The first-order valence-electron chi connectivity index (χ1n) is 4.80. The minimum Gasteiger partial charge on any atom is -0.459 e. The minimum absolute atomic E-state index is 0.0163. The molecule has 14 heavy (non-hydrogen) atoms. The van der Waals surface area contributed by atoms with Crippen LogP contribution in [0.2, 0.25) is 0 Å². The maximum atomic E-state index is 11.4. The number of nitrogens with two attached hydrogens (primary N) is 1. The quantitative estimate of drug-likeness (QED) is 0.662. The molecule has 1 aliphatic carbocycles. The lowest BCUT2D eigenvalue weighted by Gasteiger charge is -2.30. The van der Waals surface area contributed by atoms with E-state index in [0.717, 1.165) is 0 Å². The maximum absolute atomic E-state index is 11.4. The van der Waals surface area contributed by atoms with Crippen molar-refractivity contribution in [3.8, 4) is 0 Å². The van der Waals surface area contributed by atoms with E-state index in [0.29, 0.717) is 12.8 Å². The summed E-state index contributed by atoms with van der Waals surface area (Å²) in [7, 11) is 0. The Morgan fingerprint density at radius 1 is 1.50 bits per heavy atom. The van der Waals surface area contributed by atoms with Crippen LogP contribution in [0.15, 0.2) is 0 Å². The molecule has 0 amide bonds. The van der Waals surface area contributed by atoms with Crippen LogP contribution in [-0.4, -0.2) is 23.4 Å². The van der Waals surface area contributed by atoms with Gasteiger partial charge >= 0.3 is 5.97 Å². The van der Waals surface area contributed by atoms with Gasteiger partial charge in [-0.1, -0.05) is 0 Å². The van der Waals surface area contributed by atoms with Gasteiger partial charge in [0.1, 0.15) is 17.4 Å². The van der Waals surface area contributed by atoms with Crippen LogP contribution in [0.25, 0.3) is 0 Å². The van der Waals surface area contributed by atoms with Crippen LogP contribution in [0.5, 0.6) is 0 Å². The molecule has 0 aromatic carbocycles. The van der Waals surface area contributed by atoms with Crippen LogP contribution in [0.3, 0.4) is 0 Å². The fraction of sp³-hybridized carbons (Fsp3) is 0.800. The molecule has 1 fully saturated rings. The summed E-state index contributed by atoms with van der Waals surface area (Å²) in [5.74, 6) is -0.249. The molecular formula is C10H17NO3. The zero-order valence-corrected chi connectivity index (χ0v) is 8.87. The summed E-state index contributed by atoms with van der Waals surface area (Å²) in [5.41, 5.74) is 5.15. The normalized spacial score (nSPS) is 20.1. The van der Waals surface area contributed by atoms with E-state index in [-0.39, 0.29) is 11.7 Å². The molecule has 0 bridgehead atoms. The molecule has 1 aliphatic rings. The second-order valence-electron chi connectivity index (χ2n) is 4.77. The first-order chi connectivity index (χ1) is 6.29. The number of rotatable bonds is 2. The predicted octanol–water partition coefficient (Wildman–Crippen LogP) is 0.634. The fourth-order valence-corrected chi connectivity index (χ4v) is 1.34. The standard InChI is InChI=1S/C10H17NO3/c1-10(2,3)14-9(13)8(11)6-4-7(12)5-6/h6,8H,4-5,11H2,1-3H3. The van der Waals surface area contributed by atoms with Crippen molar-refractivity contribution in [2.45, 2.75) is 45.3 Å². The summed E-state index contributed by atoms with van der Waals surface area (Å²) < 4.78 is 5.12. The zero-order valence-electron chi connectivity index (χ0n) is 8.87. The third-order valence-electron chi connectivity index (χ3n) is 2.17. The van der Waals surface area contributed by atoms with Gasteiger partial charge in [0.15, 0.2) is 0 Å². The number of carbonyl (C=O) groups excluding carboxylic acids is 2. The summed E-state index contributed by atoms with van der Waals surface area (Å²) in [6.07, 6.45) is 0.834. The molecule has 0 heterocycles. The Balaban J connectivity index is 2.41. The molecular weight excluding hydrogens is 182 g/mol. The van der Waals surface area contributed by atoms with E-state index in [1.54, 1.807) is 20.8 Å². The number of hydrogen-bond donors (Lipinski definition) is 1. The Morgan fingerprint density at radius 3 is 2.36 bits per heavy atom. The van der Waals surface area contributed by atoms with Crippen LogP contribution in [-0.2, 0) is 14.3 Å². The first-order valence-corrected chi connectivity index (χ1v) is 4.80. The number of carbonyl (C=O) groups is 2. The SMILES string of the molecule is CC(C)(C)OC(=O)C(N)C1CC(=O)C1. The van der Waals surface area contributed by atoms with Gasteiger partial charge in [-0.2, -0.15) is 0 Å². The average molecular weight is 199 g/mol. The highest BCUT2D eigenvalue weighted by atomic mass is 16.6. The van der Waals surface area contributed by atoms with Crippen LogP contribution < -0.4 is 5.73 Å².